The van der Waals surface area contributed by atoms with Crippen molar-refractivity contribution in [1.29, 1.82) is 0 Å². The minimum Gasteiger partial charge on any atom is -0.480 e. The van der Waals surface area contributed by atoms with Gasteiger partial charge in [-0.25, -0.2) is 4.79 Å². The number of aliphatic carboxylic acids is 1. The van der Waals surface area contributed by atoms with Gasteiger partial charge in [0.25, 0.3) is 11.8 Å². The molecule has 2 N–H and O–H groups in total. The Morgan fingerprint density at radius 3 is 2.58 bits per heavy atom. The Kier molecular flexibility index (Phi) is 4.18. The third kappa shape index (κ3) is 2.51. The number of para-hydroxylation sites is 1. The number of fused-ring (bicyclic) bond motifs is 1. The van der Waals surface area contributed by atoms with Crippen LogP contribution in [0.1, 0.15) is 19.4 Å². The van der Waals surface area contributed by atoms with Crippen molar-refractivity contribution in [2.75, 3.05) is 5.32 Å². The van der Waals surface area contributed by atoms with Gasteiger partial charge in [-0.3, -0.25) is 14.5 Å². The maximum Gasteiger partial charge on any atom is 0.327 e. The van der Waals surface area contributed by atoms with Crippen LogP contribution in [0, 0.1) is 5.92 Å². The van der Waals surface area contributed by atoms with E-state index in [1.54, 1.807) is 38.1 Å². The number of hydrogen-bond donors (Lipinski definition) is 2. The van der Waals surface area contributed by atoms with Gasteiger partial charge in [-0.15, -0.1) is 0 Å². The first kappa shape index (κ1) is 16.7. The van der Waals surface area contributed by atoms with Crippen molar-refractivity contribution in [2.45, 2.75) is 19.9 Å². The third-order valence-corrected chi connectivity index (χ3v) is 5.26. The van der Waals surface area contributed by atoms with Crippen LogP contribution in [0.4, 0.5) is 5.69 Å². The molecule has 1 unspecified atom stereocenters. The molecule has 2 aliphatic rings. The lowest BCUT2D eigenvalue weighted by Crippen LogP contribution is -2.47. The number of carbonyl (C=O) groups excluding carboxylic acids is 2. The SMILES string of the molecule is CC(C)C(C(=O)O)N1C(=O)C(=C2C(=O)Nc3ccccc32)SC1=S. The van der Waals surface area contributed by atoms with Gasteiger partial charge >= 0.3 is 5.97 Å². The number of hydrogen-bond acceptors (Lipinski definition) is 5. The number of benzene rings is 1. The molecule has 0 bridgehead atoms. The van der Waals surface area contributed by atoms with Gasteiger partial charge in [0.1, 0.15) is 10.4 Å². The van der Waals surface area contributed by atoms with E-state index in [9.17, 15) is 19.5 Å². The second-order valence-corrected chi connectivity index (χ2v) is 7.42. The quantitative estimate of drug-likeness (QED) is 0.634. The zero-order valence-corrected chi connectivity index (χ0v) is 14.5. The van der Waals surface area contributed by atoms with E-state index < -0.39 is 17.9 Å². The van der Waals surface area contributed by atoms with Crippen LogP contribution < -0.4 is 5.32 Å². The molecule has 1 fully saturated rings. The zero-order valence-electron chi connectivity index (χ0n) is 12.9. The molecule has 2 amide bonds. The highest BCUT2D eigenvalue weighted by molar-refractivity contribution is 8.26. The molecular formula is C16H14N2O4S2. The van der Waals surface area contributed by atoms with Crippen LogP contribution in [0.3, 0.4) is 0 Å². The number of nitrogens with one attached hydrogen (secondary N) is 1. The van der Waals surface area contributed by atoms with Gasteiger partial charge < -0.3 is 10.4 Å². The molecule has 6 nitrogen and oxygen atoms in total. The summed E-state index contributed by atoms with van der Waals surface area (Å²) in [7, 11) is 0. The topological polar surface area (TPSA) is 86.7 Å². The second-order valence-electron chi connectivity index (χ2n) is 5.77. The molecule has 0 spiro atoms. The van der Waals surface area contributed by atoms with E-state index in [1.807, 2.05) is 0 Å². The third-order valence-electron chi connectivity index (χ3n) is 3.86. The van der Waals surface area contributed by atoms with E-state index in [1.165, 1.54) is 0 Å². The highest BCUT2D eigenvalue weighted by Crippen LogP contribution is 2.43. The zero-order chi connectivity index (χ0) is 17.6. The van der Waals surface area contributed by atoms with Crippen molar-refractivity contribution < 1.29 is 19.5 Å². The smallest absolute Gasteiger partial charge is 0.327 e. The Bertz CT molecular complexity index is 816. The Hall–Kier alpha value is -2.19. The highest BCUT2D eigenvalue weighted by Gasteiger charge is 2.45. The Morgan fingerprint density at radius 1 is 1.29 bits per heavy atom. The maximum atomic E-state index is 12.8. The predicted octanol–water partition coefficient (Wildman–Crippen LogP) is 2.32. The first-order valence-corrected chi connectivity index (χ1v) is 8.48. The molecular weight excluding hydrogens is 348 g/mol. The first-order chi connectivity index (χ1) is 11.3. The molecule has 124 valence electrons. The fourth-order valence-corrected chi connectivity index (χ4v) is 4.21. The molecule has 2 heterocycles. The van der Waals surface area contributed by atoms with E-state index in [-0.39, 0.29) is 26.6 Å². The van der Waals surface area contributed by atoms with E-state index >= 15 is 0 Å². The molecule has 0 radical (unpaired) electrons. The van der Waals surface area contributed by atoms with Gasteiger partial charge in [0, 0.05) is 11.3 Å². The van der Waals surface area contributed by atoms with Crippen LogP contribution in [0.15, 0.2) is 29.2 Å². The van der Waals surface area contributed by atoms with E-state index in [0.29, 0.717) is 11.3 Å². The largest absolute Gasteiger partial charge is 0.480 e. The molecule has 0 aromatic heterocycles. The van der Waals surface area contributed by atoms with Gasteiger partial charge in [-0.05, 0) is 12.0 Å². The van der Waals surface area contributed by atoms with Gasteiger partial charge in [0.15, 0.2) is 0 Å². The maximum absolute atomic E-state index is 12.8. The molecule has 1 atom stereocenters. The lowest BCUT2D eigenvalue weighted by atomic mass is 10.0. The Morgan fingerprint density at radius 2 is 1.96 bits per heavy atom. The minimum atomic E-state index is -1.12. The normalized spacial score (nSPS) is 21.3. The van der Waals surface area contributed by atoms with Crippen LogP contribution in [-0.4, -0.2) is 38.2 Å². The van der Waals surface area contributed by atoms with Crippen LogP contribution in [0.5, 0.6) is 0 Å². The van der Waals surface area contributed by atoms with Crippen molar-refractivity contribution in [3.05, 3.63) is 34.7 Å². The molecule has 0 aliphatic carbocycles. The number of carboxylic acids is 1. The number of carboxylic acid groups (broad SMARTS) is 1. The fourth-order valence-electron chi connectivity index (χ4n) is 2.81. The molecule has 8 heteroatoms. The lowest BCUT2D eigenvalue weighted by molar-refractivity contribution is -0.146. The van der Waals surface area contributed by atoms with Crippen LogP contribution in [-0.2, 0) is 14.4 Å². The van der Waals surface area contributed by atoms with Crippen molar-refractivity contribution in [1.82, 2.24) is 4.90 Å². The van der Waals surface area contributed by atoms with E-state index in [2.05, 4.69) is 5.32 Å². The molecule has 0 saturated carbocycles. The summed E-state index contributed by atoms with van der Waals surface area (Å²) >= 11 is 6.19. The molecule has 2 aliphatic heterocycles. The minimum absolute atomic E-state index is 0.154. The average molecular weight is 362 g/mol. The summed E-state index contributed by atoms with van der Waals surface area (Å²) in [5.41, 5.74) is 1.50. The summed E-state index contributed by atoms with van der Waals surface area (Å²) in [5, 5.41) is 12.2. The molecule has 3 rings (SSSR count). The van der Waals surface area contributed by atoms with Crippen molar-refractivity contribution >= 4 is 57.3 Å². The van der Waals surface area contributed by atoms with Crippen molar-refractivity contribution in [3.63, 3.8) is 0 Å². The summed E-state index contributed by atoms with van der Waals surface area (Å²) < 4.78 is 0.154. The summed E-state index contributed by atoms with van der Waals surface area (Å²) in [5.74, 6) is -2.36. The fraction of sp³-hybridized carbons (Fsp3) is 0.250. The van der Waals surface area contributed by atoms with Crippen molar-refractivity contribution in [3.8, 4) is 0 Å². The van der Waals surface area contributed by atoms with Gasteiger partial charge in [0.2, 0.25) is 0 Å². The Balaban J connectivity index is 2.10. The van der Waals surface area contributed by atoms with Gasteiger partial charge in [-0.2, -0.15) is 0 Å². The number of thiocarbonyl (C=S) groups is 1. The standard InChI is InChI=1S/C16H14N2O4S2/c1-7(2)11(15(21)22)18-14(20)12(24-16(18)23)10-8-5-3-4-6-9(8)17-13(10)19/h3-7,11H,1-2H3,(H,17,19)(H,21,22). The van der Waals surface area contributed by atoms with E-state index in [0.717, 1.165) is 16.7 Å². The number of carbonyl (C=O) groups is 3. The summed E-state index contributed by atoms with van der Waals surface area (Å²) in [6.07, 6.45) is 0. The van der Waals surface area contributed by atoms with Crippen LogP contribution in [0.25, 0.3) is 5.57 Å². The predicted molar refractivity (Wildman–Crippen MR) is 95.3 cm³/mol. The molecule has 1 aromatic carbocycles. The summed E-state index contributed by atoms with van der Waals surface area (Å²) in [6, 6.07) is 5.98. The average Bonchev–Trinajstić information content (AvgIpc) is 2.97. The second kappa shape index (κ2) is 6.03. The van der Waals surface area contributed by atoms with E-state index in [4.69, 9.17) is 12.2 Å². The van der Waals surface area contributed by atoms with Crippen LogP contribution >= 0.6 is 24.0 Å². The number of nitrogens with zero attached hydrogens (tertiary/aromatic N) is 1. The number of rotatable bonds is 3. The number of amides is 2. The number of thioether (sulfide) groups is 1. The molecule has 1 aromatic rings. The van der Waals surface area contributed by atoms with Crippen LogP contribution in [0.2, 0.25) is 0 Å². The monoisotopic (exact) mass is 362 g/mol. The number of anilines is 1. The lowest BCUT2D eigenvalue weighted by Gasteiger charge is -2.26. The summed E-state index contributed by atoms with van der Waals surface area (Å²) in [6.45, 7) is 3.42. The Labute approximate surface area is 147 Å². The molecule has 24 heavy (non-hydrogen) atoms. The highest BCUT2D eigenvalue weighted by atomic mass is 32.2. The molecule has 1 saturated heterocycles. The van der Waals surface area contributed by atoms with Gasteiger partial charge in [-0.1, -0.05) is 56.0 Å². The summed E-state index contributed by atoms with van der Waals surface area (Å²) in [4.78, 5) is 38.0. The van der Waals surface area contributed by atoms with Crippen molar-refractivity contribution in [2.24, 2.45) is 5.92 Å². The first-order valence-electron chi connectivity index (χ1n) is 7.26. The van der Waals surface area contributed by atoms with Gasteiger partial charge in [0.05, 0.1) is 10.5 Å².